The van der Waals surface area contributed by atoms with Crippen LogP contribution in [0.1, 0.15) is 30.6 Å². The van der Waals surface area contributed by atoms with E-state index < -0.39 is 24.5 Å². The van der Waals surface area contributed by atoms with Crippen LogP contribution in [0, 0.1) is 5.92 Å². The summed E-state index contributed by atoms with van der Waals surface area (Å²) in [7, 11) is 1.37. The molecule has 0 spiro atoms. The highest BCUT2D eigenvalue weighted by atomic mass is 16.5. The molecule has 0 aliphatic heterocycles. The predicted octanol–water partition coefficient (Wildman–Crippen LogP) is 1.72. The Morgan fingerprint density at radius 2 is 1.78 bits per heavy atom. The molecule has 0 aromatic heterocycles. The van der Waals surface area contributed by atoms with E-state index in [1.54, 1.807) is 24.3 Å². The summed E-state index contributed by atoms with van der Waals surface area (Å²) in [6, 6.07) is 5.80. The van der Waals surface area contributed by atoms with Crippen molar-refractivity contribution >= 4 is 17.9 Å². The third kappa shape index (κ3) is 7.30. The Kier molecular flexibility index (Phi) is 7.59. The average Bonchev–Trinajstić information content (AvgIpc) is 2.52. The lowest BCUT2D eigenvalue weighted by Gasteiger charge is -2.09. The van der Waals surface area contributed by atoms with Gasteiger partial charge in [-0.2, -0.15) is 0 Å². The van der Waals surface area contributed by atoms with Gasteiger partial charge in [0.2, 0.25) is 0 Å². The second-order valence-corrected chi connectivity index (χ2v) is 5.26. The van der Waals surface area contributed by atoms with Gasteiger partial charge in [-0.15, -0.1) is 0 Å². The minimum atomic E-state index is -0.702. The molecule has 0 bridgehead atoms. The first-order valence-electron chi connectivity index (χ1n) is 7.34. The highest BCUT2D eigenvalue weighted by Gasteiger charge is 2.12. The largest absolute Gasteiger partial charge is 0.494 e. The fourth-order valence-electron chi connectivity index (χ4n) is 1.54. The summed E-state index contributed by atoms with van der Waals surface area (Å²) in [4.78, 5) is 34.0. The van der Waals surface area contributed by atoms with Crippen molar-refractivity contribution in [3.8, 4) is 5.75 Å². The number of imide groups is 1. The summed E-state index contributed by atoms with van der Waals surface area (Å²) >= 11 is 0. The van der Waals surface area contributed by atoms with E-state index in [9.17, 15) is 14.4 Å². The molecule has 7 nitrogen and oxygen atoms in total. The molecule has 1 aromatic rings. The van der Waals surface area contributed by atoms with Crippen molar-refractivity contribution < 1.29 is 23.9 Å². The van der Waals surface area contributed by atoms with Crippen LogP contribution in [0.4, 0.5) is 4.79 Å². The van der Waals surface area contributed by atoms with Gasteiger partial charge in [-0.1, -0.05) is 13.8 Å². The summed E-state index contributed by atoms with van der Waals surface area (Å²) in [6.45, 7) is 4.31. The van der Waals surface area contributed by atoms with Gasteiger partial charge >= 0.3 is 12.0 Å². The van der Waals surface area contributed by atoms with Gasteiger partial charge in [-0.05, 0) is 36.6 Å². The predicted molar refractivity (Wildman–Crippen MR) is 84.3 cm³/mol. The first kappa shape index (κ1) is 18.5. The van der Waals surface area contributed by atoms with Crippen LogP contribution in [0.3, 0.4) is 0 Å². The zero-order chi connectivity index (χ0) is 17.2. The van der Waals surface area contributed by atoms with Crippen molar-refractivity contribution in [2.45, 2.75) is 20.3 Å². The number of carbonyl (C=O) groups excluding carboxylic acids is 3. The molecular weight excluding hydrogens is 300 g/mol. The van der Waals surface area contributed by atoms with E-state index in [0.29, 0.717) is 23.8 Å². The van der Waals surface area contributed by atoms with Crippen LogP contribution in [-0.2, 0) is 9.53 Å². The zero-order valence-electron chi connectivity index (χ0n) is 13.5. The van der Waals surface area contributed by atoms with Gasteiger partial charge in [0, 0.05) is 7.05 Å². The Labute approximate surface area is 135 Å². The molecule has 0 unspecified atom stereocenters. The van der Waals surface area contributed by atoms with Gasteiger partial charge in [0.15, 0.2) is 6.61 Å². The van der Waals surface area contributed by atoms with E-state index in [1.165, 1.54) is 7.05 Å². The van der Waals surface area contributed by atoms with E-state index in [4.69, 9.17) is 9.47 Å². The third-order valence-corrected chi connectivity index (χ3v) is 2.87. The van der Waals surface area contributed by atoms with Gasteiger partial charge in [-0.3, -0.25) is 10.1 Å². The van der Waals surface area contributed by atoms with Crippen molar-refractivity contribution in [2.24, 2.45) is 5.92 Å². The molecule has 1 rings (SSSR count). The monoisotopic (exact) mass is 322 g/mol. The number of ether oxygens (including phenoxy) is 2. The fraction of sp³-hybridized carbons (Fsp3) is 0.438. The van der Waals surface area contributed by atoms with Crippen LogP contribution in [0.5, 0.6) is 5.75 Å². The Morgan fingerprint density at radius 1 is 1.13 bits per heavy atom. The molecule has 126 valence electrons. The highest BCUT2D eigenvalue weighted by molar-refractivity contribution is 5.96. The van der Waals surface area contributed by atoms with Crippen LogP contribution in [0.2, 0.25) is 0 Å². The van der Waals surface area contributed by atoms with Gasteiger partial charge in [0.05, 0.1) is 12.2 Å². The summed E-state index contributed by atoms with van der Waals surface area (Å²) in [5, 5.41) is 4.21. The van der Waals surface area contributed by atoms with Crippen LogP contribution in [0.25, 0.3) is 0 Å². The molecular formula is C16H22N2O5. The average molecular weight is 322 g/mol. The molecule has 0 radical (unpaired) electrons. The van der Waals surface area contributed by atoms with E-state index in [-0.39, 0.29) is 0 Å². The van der Waals surface area contributed by atoms with Crippen LogP contribution in [-0.4, -0.2) is 38.2 Å². The first-order chi connectivity index (χ1) is 10.9. The van der Waals surface area contributed by atoms with Crippen LogP contribution < -0.4 is 15.4 Å². The van der Waals surface area contributed by atoms with E-state index in [2.05, 4.69) is 19.2 Å². The molecule has 0 fully saturated rings. The zero-order valence-corrected chi connectivity index (χ0v) is 13.5. The lowest BCUT2D eigenvalue weighted by atomic mass is 10.1. The number of urea groups is 1. The number of carbonyl (C=O) groups is 3. The molecule has 23 heavy (non-hydrogen) atoms. The number of hydrogen-bond acceptors (Lipinski definition) is 5. The Morgan fingerprint density at radius 3 is 2.35 bits per heavy atom. The van der Waals surface area contributed by atoms with E-state index in [0.717, 1.165) is 6.42 Å². The molecule has 3 amide bonds. The van der Waals surface area contributed by atoms with Gasteiger partial charge in [-0.25, -0.2) is 9.59 Å². The molecule has 0 saturated carbocycles. The van der Waals surface area contributed by atoms with Crippen molar-refractivity contribution in [1.82, 2.24) is 10.6 Å². The quantitative estimate of drug-likeness (QED) is 0.746. The maximum Gasteiger partial charge on any atom is 0.338 e. The number of rotatable bonds is 7. The van der Waals surface area contributed by atoms with Gasteiger partial charge in [0.25, 0.3) is 5.91 Å². The normalized spacial score (nSPS) is 10.1. The van der Waals surface area contributed by atoms with Gasteiger partial charge in [0.1, 0.15) is 5.75 Å². The van der Waals surface area contributed by atoms with Crippen molar-refractivity contribution in [3.63, 3.8) is 0 Å². The number of esters is 1. The lowest BCUT2D eigenvalue weighted by Crippen LogP contribution is -2.39. The summed E-state index contributed by atoms with van der Waals surface area (Å²) < 4.78 is 10.4. The number of hydrogen-bond donors (Lipinski definition) is 2. The van der Waals surface area contributed by atoms with Gasteiger partial charge < -0.3 is 14.8 Å². The SMILES string of the molecule is CNC(=O)NC(=O)COC(=O)c1ccc(OCCC(C)C)cc1. The topological polar surface area (TPSA) is 93.7 Å². The molecule has 0 aliphatic rings. The first-order valence-corrected chi connectivity index (χ1v) is 7.34. The Balaban J connectivity index is 2.42. The molecule has 1 aromatic carbocycles. The smallest absolute Gasteiger partial charge is 0.338 e. The molecule has 0 saturated heterocycles. The number of amides is 3. The minimum Gasteiger partial charge on any atom is -0.494 e. The number of benzene rings is 1. The van der Waals surface area contributed by atoms with Crippen molar-refractivity contribution in [1.29, 1.82) is 0 Å². The maximum atomic E-state index is 11.8. The molecule has 7 heteroatoms. The lowest BCUT2D eigenvalue weighted by molar-refractivity contribution is -0.123. The van der Waals surface area contributed by atoms with E-state index >= 15 is 0 Å². The summed E-state index contributed by atoms with van der Waals surface area (Å²) in [5.41, 5.74) is 0.300. The van der Waals surface area contributed by atoms with Crippen molar-refractivity contribution in [2.75, 3.05) is 20.3 Å². The Hall–Kier alpha value is -2.57. The standard InChI is InChI=1S/C16H22N2O5/c1-11(2)8-9-22-13-6-4-12(5-7-13)15(20)23-10-14(19)18-16(21)17-3/h4-7,11H,8-10H2,1-3H3,(H2,17,18,19,21). The highest BCUT2D eigenvalue weighted by Crippen LogP contribution is 2.14. The summed E-state index contributed by atoms with van der Waals surface area (Å²) in [5.74, 6) is -0.123. The molecule has 2 N–H and O–H groups in total. The molecule has 0 aliphatic carbocycles. The second-order valence-electron chi connectivity index (χ2n) is 5.26. The Bertz CT molecular complexity index is 540. The molecule has 0 heterocycles. The van der Waals surface area contributed by atoms with Crippen molar-refractivity contribution in [3.05, 3.63) is 29.8 Å². The minimum absolute atomic E-state index is 0.300. The summed E-state index contributed by atoms with van der Waals surface area (Å²) in [6.07, 6.45) is 0.949. The van der Waals surface area contributed by atoms with Crippen LogP contribution >= 0.6 is 0 Å². The third-order valence-electron chi connectivity index (χ3n) is 2.87. The second kappa shape index (κ2) is 9.45. The van der Waals surface area contributed by atoms with E-state index in [1.807, 2.05) is 5.32 Å². The number of nitrogens with one attached hydrogen (secondary N) is 2. The van der Waals surface area contributed by atoms with Crippen LogP contribution in [0.15, 0.2) is 24.3 Å². The maximum absolute atomic E-state index is 11.8. The fourth-order valence-corrected chi connectivity index (χ4v) is 1.54. The molecule has 0 atom stereocenters.